The van der Waals surface area contributed by atoms with Crippen LogP contribution in [0.5, 0.6) is 17.2 Å². The zero-order valence-electron chi connectivity index (χ0n) is 20.5. The molecule has 1 amide bonds. The van der Waals surface area contributed by atoms with Gasteiger partial charge in [-0.3, -0.25) is 9.36 Å². The van der Waals surface area contributed by atoms with Crippen LogP contribution in [0.2, 0.25) is 0 Å². The Morgan fingerprint density at radius 1 is 1.05 bits per heavy atom. The number of furan rings is 1. The third-order valence-corrected chi connectivity index (χ3v) is 5.99. The number of carbonyl (C=O) groups excluding carboxylic acids is 1. The lowest BCUT2D eigenvalue weighted by atomic mass is 10.1. The van der Waals surface area contributed by atoms with E-state index in [1.54, 1.807) is 57.9 Å². The molecule has 0 saturated heterocycles. The maximum Gasteiger partial charge on any atom is 0.250 e. The molecule has 0 bridgehead atoms. The van der Waals surface area contributed by atoms with Gasteiger partial charge in [0.15, 0.2) is 22.5 Å². The van der Waals surface area contributed by atoms with E-state index in [-0.39, 0.29) is 11.7 Å². The molecule has 2 aromatic carbocycles. The van der Waals surface area contributed by atoms with E-state index in [9.17, 15) is 4.79 Å². The van der Waals surface area contributed by atoms with Crippen molar-refractivity contribution in [2.24, 2.45) is 5.10 Å². The van der Waals surface area contributed by atoms with Crippen molar-refractivity contribution in [3.8, 4) is 34.3 Å². The molecule has 2 aromatic heterocycles. The van der Waals surface area contributed by atoms with Crippen LogP contribution in [0.1, 0.15) is 5.76 Å². The molecule has 0 spiro atoms. The highest BCUT2D eigenvalue weighted by atomic mass is 32.2. The van der Waals surface area contributed by atoms with Gasteiger partial charge in [0.05, 0.1) is 33.3 Å². The van der Waals surface area contributed by atoms with Gasteiger partial charge in [-0.25, -0.2) is 5.43 Å². The lowest BCUT2D eigenvalue weighted by Gasteiger charge is -2.15. The Balaban J connectivity index is 1.55. The lowest BCUT2D eigenvalue weighted by Crippen LogP contribution is -2.19. The monoisotopic (exact) mass is 519 g/mol. The smallest absolute Gasteiger partial charge is 0.250 e. The number of para-hydroxylation sites is 1. The topological polar surface area (TPSA) is 113 Å². The number of ether oxygens (including phenoxy) is 3. The predicted molar refractivity (Wildman–Crippen MR) is 142 cm³/mol. The Hall–Kier alpha value is -4.51. The van der Waals surface area contributed by atoms with Gasteiger partial charge < -0.3 is 18.6 Å². The van der Waals surface area contributed by atoms with E-state index in [0.717, 1.165) is 5.69 Å². The zero-order chi connectivity index (χ0) is 26.0. The van der Waals surface area contributed by atoms with E-state index in [4.69, 9.17) is 18.6 Å². The number of benzene rings is 2. The van der Waals surface area contributed by atoms with Gasteiger partial charge in [-0.15, -0.1) is 10.2 Å². The van der Waals surface area contributed by atoms with Crippen molar-refractivity contribution in [2.75, 3.05) is 27.1 Å². The molecule has 0 aliphatic carbocycles. The molecule has 10 nitrogen and oxygen atoms in total. The molecule has 2 heterocycles. The number of aromatic nitrogens is 3. The number of hydrogen-bond acceptors (Lipinski definition) is 9. The van der Waals surface area contributed by atoms with Gasteiger partial charge in [0.1, 0.15) is 5.76 Å². The highest BCUT2D eigenvalue weighted by Crippen LogP contribution is 2.41. The number of allylic oxidation sites excluding steroid dienone is 1. The Bertz CT molecular complexity index is 1360. The van der Waals surface area contributed by atoms with E-state index in [2.05, 4.69) is 20.7 Å². The number of rotatable bonds is 11. The number of amides is 1. The van der Waals surface area contributed by atoms with Crippen LogP contribution in [0, 0.1) is 0 Å². The maximum absolute atomic E-state index is 12.4. The van der Waals surface area contributed by atoms with Gasteiger partial charge in [0.2, 0.25) is 5.75 Å². The van der Waals surface area contributed by atoms with Crippen LogP contribution in [0.3, 0.4) is 0 Å². The average Bonchev–Trinajstić information content (AvgIpc) is 3.61. The first kappa shape index (κ1) is 25.6. The summed E-state index contributed by atoms with van der Waals surface area (Å²) in [4.78, 5) is 12.4. The summed E-state index contributed by atoms with van der Waals surface area (Å²) in [6, 6.07) is 16.8. The van der Waals surface area contributed by atoms with Gasteiger partial charge in [-0.1, -0.05) is 30.0 Å². The second-order valence-electron chi connectivity index (χ2n) is 7.37. The number of hydrogen-bond donors (Lipinski definition) is 1. The average molecular weight is 520 g/mol. The van der Waals surface area contributed by atoms with Crippen LogP contribution in [-0.4, -0.2) is 54.0 Å². The van der Waals surface area contributed by atoms with Gasteiger partial charge >= 0.3 is 0 Å². The normalized spacial score (nSPS) is 11.2. The van der Waals surface area contributed by atoms with Crippen molar-refractivity contribution in [1.29, 1.82) is 0 Å². The SMILES string of the molecule is COc1cc(-c2nnc(SCC(=O)NN=CC=Cc3ccco3)n2-c2ccccc2)cc(OC)c1OC. The van der Waals surface area contributed by atoms with Crippen LogP contribution >= 0.6 is 11.8 Å². The number of nitrogens with one attached hydrogen (secondary N) is 1. The van der Waals surface area contributed by atoms with E-state index in [0.29, 0.717) is 39.6 Å². The fraction of sp³-hybridized carbons (Fsp3) is 0.154. The Kier molecular flexibility index (Phi) is 8.61. The fourth-order valence-corrected chi connectivity index (χ4v) is 4.15. The van der Waals surface area contributed by atoms with Crippen molar-refractivity contribution in [3.05, 3.63) is 72.7 Å². The van der Waals surface area contributed by atoms with Crippen molar-refractivity contribution in [2.45, 2.75) is 5.16 Å². The van der Waals surface area contributed by atoms with Crippen molar-refractivity contribution in [1.82, 2.24) is 20.2 Å². The molecule has 190 valence electrons. The number of carbonyl (C=O) groups is 1. The van der Waals surface area contributed by atoms with Gasteiger partial charge in [0.25, 0.3) is 5.91 Å². The first-order valence-corrected chi connectivity index (χ1v) is 12.1. The second kappa shape index (κ2) is 12.5. The number of hydrazone groups is 1. The summed E-state index contributed by atoms with van der Waals surface area (Å²) in [6.07, 6.45) is 6.45. The molecule has 0 unspecified atom stereocenters. The van der Waals surface area contributed by atoms with Crippen molar-refractivity contribution in [3.63, 3.8) is 0 Å². The second-order valence-corrected chi connectivity index (χ2v) is 8.31. The molecule has 0 radical (unpaired) electrons. The quantitative estimate of drug-likeness (QED) is 0.176. The van der Waals surface area contributed by atoms with Gasteiger partial charge in [-0.05, 0) is 48.6 Å². The molecular weight excluding hydrogens is 494 g/mol. The summed E-state index contributed by atoms with van der Waals surface area (Å²) in [6.45, 7) is 0. The Labute approximate surface area is 217 Å². The summed E-state index contributed by atoms with van der Waals surface area (Å²) >= 11 is 1.24. The predicted octanol–water partition coefficient (Wildman–Crippen LogP) is 4.46. The first-order valence-electron chi connectivity index (χ1n) is 11.1. The summed E-state index contributed by atoms with van der Waals surface area (Å²) in [5, 5.41) is 13.2. The third kappa shape index (κ3) is 6.19. The van der Waals surface area contributed by atoms with Crippen molar-refractivity contribution < 1.29 is 23.4 Å². The summed E-state index contributed by atoms with van der Waals surface area (Å²) < 4.78 is 23.5. The summed E-state index contributed by atoms with van der Waals surface area (Å²) in [5.41, 5.74) is 4.03. The molecule has 0 atom stereocenters. The van der Waals surface area contributed by atoms with Crippen LogP contribution < -0.4 is 19.6 Å². The van der Waals surface area contributed by atoms with E-state index >= 15 is 0 Å². The third-order valence-electron chi connectivity index (χ3n) is 5.06. The van der Waals surface area contributed by atoms with E-state index in [1.807, 2.05) is 41.0 Å². The Morgan fingerprint density at radius 2 is 1.81 bits per heavy atom. The van der Waals surface area contributed by atoms with Crippen molar-refractivity contribution >= 4 is 30.0 Å². The highest BCUT2D eigenvalue weighted by Gasteiger charge is 2.21. The minimum absolute atomic E-state index is 0.0828. The molecular formula is C26H25N5O5S. The molecule has 0 fully saturated rings. The summed E-state index contributed by atoms with van der Waals surface area (Å²) in [7, 11) is 4.65. The molecule has 0 aliphatic heterocycles. The minimum atomic E-state index is -0.287. The Morgan fingerprint density at radius 3 is 2.46 bits per heavy atom. The van der Waals surface area contributed by atoms with Crippen LogP contribution in [0.15, 0.2) is 81.6 Å². The van der Waals surface area contributed by atoms with Crippen LogP contribution in [0.25, 0.3) is 23.2 Å². The number of thioether (sulfide) groups is 1. The molecule has 4 aromatic rings. The van der Waals surface area contributed by atoms with Crippen LogP contribution in [-0.2, 0) is 4.79 Å². The van der Waals surface area contributed by atoms with E-state index in [1.165, 1.54) is 18.0 Å². The number of nitrogens with zero attached hydrogens (tertiary/aromatic N) is 4. The van der Waals surface area contributed by atoms with Gasteiger partial charge in [-0.2, -0.15) is 5.10 Å². The largest absolute Gasteiger partial charge is 0.493 e. The van der Waals surface area contributed by atoms with Crippen LogP contribution in [0.4, 0.5) is 0 Å². The molecule has 11 heteroatoms. The molecule has 1 N–H and O–H groups in total. The summed E-state index contributed by atoms with van der Waals surface area (Å²) in [5.74, 6) is 2.50. The molecule has 37 heavy (non-hydrogen) atoms. The standard InChI is InChI=1S/C26H25N5O5S/c1-33-21-15-18(16-22(34-2)24(21)35-3)25-29-30-26(31(25)19-9-5-4-6-10-19)37-17-23(32)28-27-13-7-11-20-12-8-14-36-20/h4-16H,17H2,1-3H3,(H,28,32). The minimum Gasteiger partial charge on any atom is -0.493 e. The molecule has 4 rings (SSSR count). The molecule has 0 saturated carbocycles. The number of methoxy groups -OCH3 is 3. The first-order chi connectivity index (χ1) is 18.1. The van der Waals surface area contributed by atoms with E-state index < -0.39 is 0 Å². The highest BCUT2D eigenvalue weighted by molar-refractivity contribution is 7.99. The fourth-order valence-electron chi connectivity index (χ4n) is 3.41. The molecule has 0 aliphatic rings. The lowest BCUT2D eigenvalue weighted by molar-refractivity contribution is -0.118. The van der Waals surface area contributed by atoms with Gasteiger partial charge in [0, 0.05) is 17.5 Å². The zero-order valence-corrected chi connectivity index (χ0v) is 21.3. The maximum atomic E-state index is 12.4.